The summed E-state index contributed by atoms with van der Waals surface area (Å²) in [4.78, 5) is 10.8. The predicted molar refractivity (Wildman–Crippen MR) is 64.6 cm³/mol. The first-order valence-corrected chi connectivity index (χ1v) is 5.43. The fourth-order valence-corrected chi connectivity index (χ4v) is 1.72. The molecule has 0 saturated carbocycles. The lowest BCUT2D eigenvalue weighted by molar-refractivity contribution is -0.136. The molecule has 0 saturated heterocycles. The van der Waals surface area contributed by atoms with Crippen molar-refractivity contribution in [2.75, 3.05) is 7.11 Å². The molecule has 1 aromatic carbocycles. The van der Waals surface area contributed by atoms with Gasteiger partial charge in [-0.1, -0.05) is 5.16 Å². The summed E-state index contributed by atoms with van der Waals surface area (Å²) < 4.78 is 10.3. The molecule has 0 amide bonds. The summed E-state index contributed by atoms with van der Waals surface area (Å²) in [5, 5.41) is 12.7. The standard InChI is InChI=1S/C13H13NO4/c1-8-11(7-12(15)16)13(18-14-8)9-3-5-10(17-2)6-4-9/h3-6H,7H2,1-2H3,(H,15,16). The maximum absolute atomic E-state index is 10.8. The number of aromatic nitrogens is 1. The Bertz CT molecular complexity index is 557. The summed E-state index contributed by atoms with van der Waals surface area (Å²) in [5.74, 6) is 0.323. The topological polar surface area (TPSA) is 72.6 Å². The van der Waals surface area contributed by atoms with E-state index in [1.165, 1.54) is 0 Å². The highest BCUT2D eigenvalue weighted by Crippen LogP contribution is 2.28. The number of nitrogens with zero attached hydrogens (tertiary/aromatic N) is 1. The number of carboxylic acids is 1. The SMILES string of the molecule is COc1ccc(-c2onc(C)c2CC(=O)O)cc1. The zero-order chi connectivity index (χ0) is 13.1. The third-order valence-corrected chi connectivity index (χ3v) is 2.66. The van der Waals surface area contributed by atoms with Crippen LogP contribution in [-0.4, -0.2) is 23.3 Å². The fourth-order valence-electron chi connectivity index (χ4n) is 1.72. The van der Waals surface area contributed by atoms with Gasteiger partial charge in [-0.05, 0) is 31.2 Å². The molecule has 0 aliphatic heterocycles. The summed E-state index contributed by atoms with van der Waals surface area (Å²) in [6.07, 6.45) is -0.101. The van der Waals surface area contributed by atoms with Gasteiger partial charge in [-0.3, -0.25) is 4.79 Å². The molecule has 1 N–H and O–H groups in total. The first kappa shape index (κ1) is 12.2. The molecule has 0 unspecified atom stereocenters. The van der Waals surface area contributed by atoms with E-state index in [9.17, 15) is 4.79 Å². The summed E-state index contributed by atoms with van der Waals surface area (Å²) in [6, 6.07) is 7.20. The smallest absolute Gasteiger partial charge is 0.308 e. The van der Waals surface area contributed by atoms with E-state index in [0.717, 1.165) is 11.3 Å². The minimum atomic E-state index is -0.906. The summed E-state index contributed by atoms with van der Waals surface area (Å²) in [5.41, 5.74) is 1.99. The highest BCUT2D eigenvalue weighted by molar-refractivity contribution is 5.75. The number of carbonyl (C=O) groups is 1. The molecular weight excluding hydrogens is 234 g/mol. The Morgan fingerprint density at radius 1 is 1.39 bits per heavy atom. The average Bonchev–Trinajstić information content (AvgIpc) is 2.71. The fraction of sp³-hybridized carbons (Fsp3) is 0.231. The molecule has 0 bridgehead atoms. The van der Waals surface area contributed by atoms with E-state index in [2.05, 4.69) is 5.16 Å². The Balaban J connectivity index is 2.40. The molecule has 18 heavy (non-hydrogen) atoms. The van der Waals surface area contributed by atoms with Crippen LogP contribution in [0.15, 0.2) is 28.8 Å². The lowest BCUT2D eigenvalue weighted by atomic mass is 10.0. The number of benzene rings is 1. The molecular formula is C13H13NO4. The lowest BCUT2D eigenvalue weighted by Crippen LogP contribution is -2.01. The molecule has 0 spiro atoms. The van der Waals surface area contributed by atoms with Crippen molar-refractivity contribution in [3.8, 4) is 17.1 Å². The van der Waals surface area contributed by atoms with E-state index in [4.69, 9.17) is 14.4 Å². The Morgan fingerprint density at radius 2 is 2.06 bits per heavy atom. The minimum absolute atomic E-state index is 0.101. The summed E-state index contributed by atoms with van der Waals surface area (Å²) >= 11 is 0. The number of ether oxygens (including phenoxy) is 1. The van der Waals surface area contributed by atoms with Crippen LogP contribution in [0, 0.1) is 6.92 Å². The zero-order valence-corrected chi connectivity index (χ0v) is 10.1. The van der Waals surface area contributed by atoms with Crippen LogP contribution >= 0.6 is 0 Å². The van der Waals surface area contributed by atoms with Crippen LogP contribution in [0.2, 0.25) is 0 Å². The number of carboxylic acid groups (broad SMARTS) is 1. The van der Waals surface area contributed by atoms with Crippen molar-refractivity contribution in [1.82, 2.24) is 5.16 Å². The molecule has 2 aromatic rings. The second kappa shape index (κ2) is 4.91. The van der Waals surface area contributed by atoms with E-state index in [0.29, 0.717) is 17.0 Å². The quantitative estimate of drug-likeness (QED) is 0.897. The van der Waals surface area contributed by atoms with Crippen molar-refractivity contribution < 1.29 is 19.2 Å². The molecule has 5 heteroatoms. The number of aryl methyl sites for hydroxylation is 1. The van der Waals surface area contributed by atoms with Gasteiger partial charge in [0.1, 0.15) is 5.75 Å². The average molecular weight is 247 g/mol. The highest BCUT2D eigenvalue weighted by Gasteiger charge is 2.17. The first-order chi connectivity index (χ1) is 8.61. The van der Waals surface area contributed by atoms with Gasteiger partial charge in [0.25, 0.3) is 0 Å². The van der Waals surface area contributed by atoms with Crippen LogP contribution in [-0.2, 0) is 11.2 Å². The van der Waals surface area contributed by atoms with Gasteiger partial charge in [-0.15, -0.1) is 0 Å². The van der Waals surface area contributed by atoms with Gasteiger partial charge >= 0.3 is 5.97 Å². The number of rotatable bonds is 4. The van der Waals surface area contributed by atoms with Crippen LogP contribution in [0.3, 0.4) is 0 Å². The number of hydrogen-bond donors (Lipinski definition) is 1. The minimum Gasteiger partial charge on any atom is -0.497 e. The largest absolute Gasteiger partial charge is 0.497 e. The molecule has 0 fully saturated rings. The Labute approximate surface area is 104 Å². The number of hydrogen-bond acceptors (Lipinski definition) is 4. The van der Waals surface area contributed by atoms with Crippen LogP contribution in [0.25, 0.3) is 11.3 Å². The number of methoxy groups -OCH3 is 1. The van der Waals surface area contributed by atoms with Crippen LogP contribution in [0.5, 0.6) is 5.75 Å². The van der Waals surface area contributed by atoms with E-state index < -0.39 is 5.97 Å². The zero-order valence-electron chi connectivity index (χ0n) is 10.1. The Morgan fingerprint density at radius 3 is 2.61 bits per heavy atom. The Kier molecular flexibility index (Phi) is 3.32. The molecule has 94 valence electrons. The van der Waals surface area contributed by atoms with Gasteiger partial charge in [-0.2, -0.15) is 0 Å². The molecule has 0 aliphatic carbocycles. The van der Waals surface area contributed by atoms with Gasteiger partial charge in [0, 0.05) is 11.1 Å². The predicted octanol–water partition coefficient (Wildman–Crippen LogP) is 2.29. The van der Waals surface area contributed by atoms with E-state index >= 15 is 0 Å². The molecule has 5 nitrogen and oxygen atoms in total. The molecule has 0 atom stereocenters. The normalized spacial score (nSPS) is 10.3. The van der Waals surface area contributed by atoms with Crippen LogP contribution in [0.1, 0.15) is 11.3 Å². The first-order valence-electron chi connectivity index (χ1n) is 5.43. The second-order valence-electron chi connectivity index (χ2n) is 3.87. The van der Waals surface area contributed by atoms with Crippen LogP contribution < -0.4 is 4.74 Å². The second-order valence-corrected chi connectivity index (χ2v) is 3.87. The molecule has 1 aromatic heterocycles. The van der Waals surface area contributed by atoms with Crippen molar-refractivity contribution in [2.24, 2.45) is 0 Å². The van der Waals surface area contributed by atoms with Gasteiger partial charge in [0.05, 0.1) is 19.2 Å². The molecule has 0 radical (unpaired) electrons. The van der Waals surface area contributed by atoms with Crippen molar-refractivity contribution in [3.05, 3.63) is 35.5 Å². The maximum Gasteiger partial charge on any atom is 0.308 e. The number of aliphatic carboxylic acids is 1. The summed E-state index contributed by atoms with van der Waals surface area (Å²) in [6.45, 7) is 1.73. The van der Waals surface area contributed by atoms with E-state index in [-0.39, 0.29) is 6.42 Å². The Hall–Kier alpha value is -2.30. The highest BCUT2D eigenvalue weighted by atomic mass is 16.5. The molecule has 2 rings (SSSR count). The van der Waals surface area contributed by atoms with E-state index in [1.807, 2.05) is 12.1 Å². The van der Waals surface area contributed by atoms with Gasteiger partial charge in [-0.25, -0.2) is 0 Å². The third-order valence-electron chi connectivity index (χ3n) is 2.66. The molecule has 1 heterocycles. The molecule has 0 aliphatic rings. The van der Waals surface area contributed by atoms with Crippen molar-refractivity contribution >= 4 is 5.97 Å². The van der Waals surface area contributed by atoms with Gasteiger partial charge in [0.15, 0.2) is 5.76 Å². The van der Waals surface area contributed by atoms with Crippen LogP contribution in [0.4, 0.5) is 0 Å². The lowest BCUT2D eigenvalue weighted by Gasteiger charge is -2.02. The van der Waals surface area contributed by atoms with Crippen molar-refractivity contribution in [2.45, 2.75) is 13.3 Å². The van der Waals surface area contributed by atoms with E-state index in [1.54, 1.807) is 26.2 Å². The summed E-state index contributed by atoms with van der Waals surface area (Å²) in [7, 11) is 1.59. The third kappa shape index (κ3) is 2.34. The monoisotopic (exact) mass is 247 g/mol. The van der Waals surface area contributed by atoms with Gasteiger partial charge in [0.2, 0.25) is 0 Å². The maximum atomic E-state index is 10.8. The van der Waals surface area contributed by atoms with Crippen molar-refractivity contribution in [3.63, 3.8) is 0 Å². The van der Waals surface area contributed by atoms with Gasteiger partial charge < -0.3 is 14.4 Å². The van der Waals surface area contributed by atoms with Crippen molar-refractivity contribution in [1.29, 1.82) is 0 Å².